The van der Waals surface area contributed by atoms with Crippen LogP contribution in [0.15, 0.2) is 0 Å². The van der Waals surface area contributed by atoms with Crippen LogP contribution in [0, 0.1) is 5.41 Å². The summed E-state index contributed by atoms with van der Waals surface area (Å²) in [6.07, 6.45) is 5.91. The number of rotatable bonds is 2. The largest absolute Gasteiger partial charge is 0.381 e. The third-order valence-corrected chi connectivity index (χ3v) is 3.70. The van der Waals surface area contributed by atoms with Gasteiger partial charge in [0.25, 0.3) is 0 Å². The third-order valence-electron chi connectivity index (χ3n) is 3.70. The molecule has 2 aliphatic carbocycles. The van der Waals surface area contributed by atoms with Crippen molar-refractivity contribution in [3.05, 3.63) is 0 Å². The van der Waals surface area contributed by atoms with Gasteiger partial charge < -0.3 is 10.1 Å². The Morgan fingerprint density at radius 3 is 2.55 bits per heavy atom. The van der Waals surface area contributed by atoms with Crippen molar-refractivity contribution in [1.82, 2.24) is 5.32 Å². The van der Waals surface area contributed by atoms with Crippen LogP contribution in [0.25, 0.3) is 0 Å². The average molecular weight is 155 g/mol. The second-order valence-corrected chi connectivity index (χ2v) is 3.89. The normalized spacial score (nSPS) is 39.8. The van der Waals surface area contributed by atoms with Crippen LogP contribution in [0.5, 0.6) is 0 Å². The lowest BCUT2D eigenvalue weighted by molar-refractivity contribution is -0.159. The first-order chi connectivity index (χ1) is 5.33. The predicted octanol–water partition coefficient (Wildman–Crippen LogP) is 1.16. The van der Waals surface area contributed by atoms with Gasteiger partial charge in [-0.2, -0.15) is 0 Å². The first-order valence-electron chi connectivity index (χ1n) is 4.53. The topological polar surface area (TPSA) is 21.3 Å². The molecular formula is C9H17NO. The fourth-order valence-corrected chi connectivity index (χ4v) is 2.74. The lowest BCUT2D eigenvalue weighted by Crippen LogP contribution is -2.65. The van der Waals surface area contributed by atoms with E-state index in [2.05, 4.69) is 12.4 Å². The Bertz CT molecular complexity index is 142. The van der Waals surface area contributed by atoms with Crippen molar-refractivity contribution in [2.24, 2.45) is 5.41 Å². The van der Waals surface area contributed by atoms with Gasteiger partial charge in [-0.25, -0.2) is 0 Å². The Balaban J connectivity index is 2.01. The molecule has 0 aliphatic heterocycles. The summed E-state index contributed by atoms with van der Waals surface area (Å²) in [4.78, 5) is 0. The number of nitrogens with one attached hydrogen (secondary N) is 1. The Labute approximate surface area is 68.3 Å². The van der Waals surface area contributed by atoms with Crippen LogP contribution in [0.4, 0.5) is 0 Å². The smallest absolute Gasteiger partial charge is 0.0657 e. The minimum Gasteiger partial charge on any atom is -0.381 e. The van der Waals surface area contributed by atoms with Gasteiger partial charge in [0.05, 0.1) is 6.10 Å². The minimum atomic E-state index is 0.545. The van der Waals surface area contributed by atoms with E-state index in [-0.39, 0.29) is 0 Å². The molecular weight excluding hydrogens is 138 g/mol. The van der Waals surface area contributed by atoms with Crippen LogP contribution in [0.1, 0.15) is 25.7 Å². The van der Waals surface area contributed by atoms with Crippen LogP contribution < -0.4 is 5.32 Å². The molecule has 0 aromatic heterocycles. The third kappa shape index (κ3) is 0.798. The molecule has 11 heavy (non-hydrogen) atoms. The molecule has 2 aliphatic rings. The standard InChI is InChI=1S/C9H17NO/c1-10-7-6-8(11-2)9(7)4-3-5-9/h7-8,10H,3-6H2,1-2H3/t7-,8+/m0/s1. The van der Waals surface area contributed by atoms with E-state index in [1.807, 2.05) is 7.11 Å². The van der Waals surface area contributed by atoms with Gasteiger partial charge in [0.1, 0.15) is 0 Å². The zero-order valence-corrected chi connectivity index (χ0v) is 7.39. The second kappa shape index (κ2) is 2.46. The van der Waals surface area contributed by atoms with Crippen LogP contribution in [-0.4, -0.2) is 26.3 Å². The SMILES string of the molecule is CN[C@H]1C[C@@H](OC)C12CCC2. The summed E-state index contributed by atoms with van der Waals surface area (Å²) in [5, 5.41) is 3.38. The Morgan fingerprint density at radius 2 is 2.18 bits per heavy atom. The maximum atomic E-state index is 5.44. The van der Waals surface area contributed by atoms with Gasteiger partial charge in [0.15, 0.2) is 0 Å². The Kier molecular flexibility index (Phi) is 1.69. The van der Waals surface area contributed by atoms with Crippen LogP contribution >= 0.6 is 0 Å². The van der Waals surface area contributed by atoms with E-state index in [4.69, 9.17) is 4.74 Å². The first kappa shape index (κ1) is 7.56. The Morgan fingerprint density at radius 1 is 1.45 bits per heavy atom. The Hall–Kier alpha value is -0.0800. The number of hydrogen-bond donors (Lipinski definition) is 1. The predicted molar refractivity (Wildman–Crippen MR) is 44.5 cm³/mol. The van der Waals surface area contributed by atoms with Crippen LogP contribution in [0.3, 0.4) is 0 Å². The number of methoxy groups -OCH3 is 1. The van der Waals surface area contributed by atoms with Gasteiger partial charge in [-0.3, -0.25) is 0 Å². The van der Waals surface area contributed by atoms with Crippen molar-refractivity contribution >= 4 is 0 Å². The summed E-state index contributed by atoms with van der Waals surface area (Å²) in [7, 11) is 3.91. The maximum Gasteiger partial charge on any atom is 0.0657 e. The molecule has 2 atom stereocenters. The molecule has 2 saturated carbocycles. The van der Waals surface area contributed by atoms with E-state index < -0.39 is 0 Å². The molecule has 2 fully saturated rings. The van der Waals surface area contributed by atoms with Crippen molar-refractivity contribution < 1.29 is 4.74 Å². The summed E-state index contributed by atoms with van der Waals surface area (Å²) in [6.45, 7) is 0. The lowest BCUT2D eigenvalue weighted by atomic mass is 9.51. The van der Waals surface area contributed by atoms with E-state index in [9.17, 15) is 0 Å². The van der Waals surface area contributed by atoms with Gasteiger partial charge in [-0.15, -0.1) is 0 Å². The van der Waals surface area contributed by atoms with E-state index in [0.717, 1.165) is 6.04 Å². The zero-order chi connectivity index (χ0) is 7.90. The molecule has 2 rings (SSSR count). The highest BCUT2D eigenvalue weighted by Gasteiger charge is 2.57. The summed E-state index contributed by atoms with van der Waals surface area (Å²) >= 11 is 0. The molecule has 1 N–H and O–H groups in total. The van der Waals surface area contributed by atoms with Crippen LogP contribution in [0.2, 0.25) is 0 Å². The van der Waals surface area contributed by atoms with Crippen LogP contribution in [-0.2, 0) is 4.74 Å². The summed E-state index contributed by atoms with van der Waals surface area (Å²) in [5.41, 5.74) is 0.545. The van der Waals surface area contributed by atoms with Crippen molar-refractivity contribution in [3.8, 4) is 0 Å². The lowest BCUT2D eigenvalue weighted by Gasteiger charge is -2.60. The average Bonchev–Trinajstić information content (AvgIpc) is 1.84. The molecule has 0 unspecified atom stereocenters. The fraction of sp³-hybridized carbons (Fsp3) is 1.00. The molecule has 2 nitrogen and oxygen atoms in total. The van der Waals surface area contributed by atoms with Gasteiger partial charge in [-0.1, -0.05) is 6.42 Å². The molecule has 64 valence electrons. The van der Waals surface area contributed by atoms with Gasteiger partial charge in [0, 0.05) is 18.6 Å². The maximum absolute atomic E-state index is 5.44. The minimum absolute atomic E-state index is 0.545. The molecule has 0 aromatic rings. The van der Waals surface area contributed by atoms with Crippen molar-refractivity contribution in [1.29, 1.82) is 0 Å². The van der Waals surface area contributed by atoms with Crippen molar-refractivity contribution in [2.75, 3.05) is 14.2 Å². The number of hydrogen-bond acceptors (Lipinski definition) is 2. The molecule has 0 heterocycles. The van der Waals surface area contributed by atoms with Gasteiger partial charge >= 0.3 is 0 Å². The highest BCUT2D eigenvalue weighted by Crippen LogP contribution is 2.56. The fourth-order valence-electron chi connectivity index (χ4n) is 2.74. The molecule has 2 heteroatoms. The molecule has 0 aromatic carbocycles. The number of ether oxygens (including phenoxy) is 1. The summed E-state index contributed by atoms with van der Waals surface area (Å²) < 4.78 is 5.44. The van der Waals surface area contributed by atoms with E-state index in [0.29, 0.717) is 11.5 Å². The van der Waals surface area contributed by atoms with E-state index >= 15 is 0 Å². The summed E-state index contributed by atoms with van der Waals surface area (Å²) in [5.74, 6) is 0. The highest BCUT2D eigenvalue weighted by molar-refractivity contribution is 5.11. The van der Waals surface area contributed by atoms with E-state index in [1.165, 1.54) is 25.7 Å². The highest BCUT2D eigenvalue weighted by atomic mass is 16.5. The summed E-state index contributed by atoms with van der Waals surface area (Å²) in [6, 6.07) is 0.737. The molecule has 1 spiro atoms. The molecule has 0 bridgehead atoms. The quantitative estimate of drug-likeness (QED) is 0.646. The van der Waals surface area contributed by atoms with E-state index in [1.54, 1.807) is 0 Å². The van der Waals surface area contributed by atoms with Gasteiger partial charge in [-0.05, 0) is 26.3 Å². The molecule has 0 amide bonds. The molecule has 0 radical (unpaired) electrons. The zero-order valence-electron chi connectivity index (χ0n) is 7.39. The van der Waals surface area contributed by atoms with Gasteiger partial charge in [0.2, 0.25) is 0 Å². The monoisotopic (exact) mass is 155 g/mol. The molecule has 0 saturated heterocycles. The van der Waals surface area contributed by atoms with Crippen molar-refractivity contribution in [2.45, 2.75) is 37.8 Å². The first-order valence-corrected chi connectivity index (χ1v) is 4.53. The van der Waals surface area contributed by atoms with Crippen molar-refractivity contribution in [3.63, 3.8) is 0 Å². The second-order valence-electron chi connectivity index (χ2n) is 3.89.